The zero-order chi connectivity index (χ0) is 11.5. The van der Waals surface area contributed by atoms with Crippen molar-refractivity contribution in [2.24, 2.45) is 5.73 Å². The number of ether oxygens (including phenoxy) is 1. The topological polar surface area (TPSA) is 48.1 Å². The number of aromatic nitrogens is 1. The van der Waals surface area contributed by atoms with E-state index in [1.54, 1.807) is 0 Å². The van der Waals surface area contributed by atoms with Crippen LogP contribution in [0.1, 0.15) is 18.4 Å². The monoisotopic (exact) mass is 260 g/mol. The van der Waals surface area contributed by atoms with E-state index < -0.39 is 0 Å². The molecule has 0 spiro atoms. The fourth-order valence-electron chi connectivity index (χ4n) is 1.95. The molecule has 2 atom stereocenters. The van der Waals surface area contributed by atoms with Crippen molar-refractivity contribution in [2.45, 2.75) is 31.4 Å². The first-order valence-electron chi connectivity index (χ1n) is 5.32. The molecule has 0 aliphatic carbocycles. The predicted molar refractivity (Wildman–Crippen MR) is 64.9 cm³/mol. The minimum atomic E-state index is 0.165. The highest BCUT2D eigenvalue weighted by molar-refractivity contribution is 6.32. The molecule has 1 aromatic heterocycles. The molecule has 5 heteroatoms. The van der Waals surface area contributed by atoms with Gasteiger partial charge in [0.1, 0.15) is 10.3 Å². The molecule has 0 radical (unpaired) electrons. The van der Waals surface area contributed by atoms with Gasteiger partial charge in [0, 0.05) is 12.6 Å². The van der Waals surface area contributed by atoms with E-state index in [1.165, 1.54) is 0 Å². The van der Waals surface area contributed by atoms with Crippen LogP contribution in [-0.4, -0.2) is 23.7 Å². The SMILES string of the molecule is NC1CCOC(Cc2cc(Cl)nc(Cl)c2)C1. The highest BCUT2D eigenvalue weighted by Crippen LogP contribution is 2.20. The second kappa shape index (κ2) is 5.32. The van der Waals surface area contributed by atoms with Gasteiger partial charge in [0.05, 0.1) is 6.10 Å². The zero-order valence-corrected chi connectivity index (χ0v) is 10.3. The second-order valence-corrected chi connectivity index (χ2v) is 4.88. The largest absolute Gasteiger partial charge is 0.378 e. The first-order chi connectivity index (χ1) is 7.63. The summed E-state index contributed by atoms with van der Waals surface area (Å²) in [5.41, 5.74) is 6.94. The summed E-state index contributed by atoms with van der Waals surface area (Å²) in [6.07, 6.45) is 2.78. The Labute approximate surface area is 105 Å². The van der Waals surface area contributed by atoms with E-state index in [9.17, 15) is 0 Å². The third kappa shape index (κ3) is 3.32. The van der Waals surface area contributed by atoms with Crippen molar-refractivity contribution in [3.05, 3.63) is 28.0 Å². The molecule has 1 saturated heterocycles. The molecule has 1 aromatic rings. The lowest BCUT2D eigenvalue weighted by Crippen LogP contribution is -2.35. The van der Waals surface area contributed by atoms with Crippen molar-refractivity contribution in [1.82, 2.24) is 4.98 Å². The van der Waals surface area contributed by atoms with Gasteiger partial charge in [-0.05, 0) is 37.0 Å². The fraction of sp³-hybridized carbons (Fsp3) is 0.545. The molecule has 16 heavy (non-hydrogen) atoms. The van der Waals surface area contributed by atoms with E-state index in [0.717, 1.165) is 31.4 Å². The van der Waals surface area contributed by atoms with Crippen LogP contribution in [-0.2, 0) is 11.2 Å². The summed E-state index contributed by atoms with van der Waals surface area (Å²) in [7, 11) is 0. The van der Waals surface area contributed by atoms with Crippen molar-refractivity contribution in [3.8, 4) is 0 Å². The number of halogens is 2. The van der Waals surface area contributed by atoms with Crippen LogP contribution in [0.3, 0.4) is 0 Å². The second-order valence-electron chi connectivity index (χ2n) is 4.10. The lowest BCUT2D eigenvalue weighted by molar-refractivity contribution is 0.00867. The van der Waals surface area contributed by atoms with Crippen molar-refractivity contribution >= 4 is 23.2 Å². The average molecular weight is 261 g/mol. The Hall–Kier alpha value is -0.350. The Morgan fingerprint density at radius 3 is 2.69 bits per heavy atom. The Bertz CT molecular complexity index is 353. The molecule has 2 unspecified atom stereocenters. The summed E-state index contributed by atoms with van der Waals surface area (Å²) in [6.45, 7) is 0.735. The maximum atomic E-state index is 5.89. The van der Waals surface area contributed by atoms with E-state index in [2.05, 4.69) is 4.98 Å². The molecular weight excluding hydrogens is 247 g/mol. The highest BCUT2D eigenvalue weighted by atomic mass is 35.5. The summed E-state index contributed by atoms with van der Waals surface area (Å²) in [4.78, 5) is 3.91. The van der Waals surface area contributed by atoms with Crippen molar-refractivity contribution in [2.75, 3.05) is 6.61 Å². The van der Waals surface area contributed by atoms with Gasteiger partial charge in [0.2, 0.25) is 0 Å². The van der Waals surface area contributed by atoms with Gasteiger partial charge in [-0.25, -0.2) is 4.98 Å². The third-order valence-electron chi connectivity index (χ3n) is 2.69. The van der Waals surface area contributed by atoms with Gasteiger partial charge in [-0.15, -0.1) is 0 Å². The average Bonchev–Trinajstić information content (AvgIpc) is 2.15. The van der Waals surface area contributed by atoms with Gasteiger partial charge < -0.3 is 10.5 Å². The van der Waals surface area contributed by atoms with Crippen LogP contribution < -0.4 is 5.73 Å². The van der Waals surface area contributed by atoms with Gasteiger partial charge in [-0.1, -0.05) is 23.2 Å². The van der Waals surface area contributed by atoms with E-state index in [4.69, 9.17) is 33.7 Å². The summed E-state index contributed by atoms with van der Waals surface area (Å²) < 4.78 is 5.65. The van der Waals surface area contributed by atoms with Crippen molar-refractivity contribution < 1.29 is 4.74 Å². The quantitative estimate of drug-likeness (QED) is 0.832. The Balaban J connectivity index is 2.02. The molecule has 2 N–H and O–H groups in total. The lowest BCUT2D eigenvalue weighted by Gasteiger charge is -2.27. The number of hydrogen-bond acceptors (Lipinski definition) is 3. The van der Waals surface area contributed by atoms with Crippen molar-refractivity contribution in [1.29, 1.82) is 0 Å². The Kier molecular flexibility index (Phi) is 4.03. The molecule has 88 valence electrons. The molecule has 1 fully saturated rings. The summed E-state index contributed by atoms with van der Waals surface area (Å²) in [6, 6.07) is 3.87. The third-order valence-corrected chi connectivity index (χ3v) is 3.08. The maximum Gasteiger partial charge on any atom is 0.131 e. The fourth-order valence-corrected chi connectivity index (χ4v) is 2.45. The van der Waals surface area contributed by atoms with Gasteiger partial charge in [-0.3, -0.25) is 0 Å². The number of nitrogens with two attached hydrogens (primary N) is 1. The normalized spacial score (nSPS) is 25.7. The lowest BCUT2D eigenvalue weighted by atomic mass is 9.99. The number of pyridine rings is 1. The van der Waals surface area contributed by atoms with Crippen LogP contribution in [0.5, 0.6) is 0 Å². The smallest absolute Gasteiger partial charge is 0.131 e. The Morgan fingerprint density at radius 2 is 2.06 bits per heavy atom. The maximum absolute atomic E-state index is 5.89. The molecular formula is C11H14Cl2N2O. The standard InChI is InChI=1S/C11H14Cl2N2O/c12-10-4-7(5-11(13)15-10)3-9-6-8(14)1-2-16-9/h4-5,8-9H,1-3,6,14H2. The minimum Gasteiger partial charge on any atom is -0.378 e. The Morgan fingerprint density at radius 1 is 1.38 bits per heavy atom. The van der Waals surface area contributed by atoms with Gasteiger partial charge >= 0.3 is 0 Å². The highest BCUT2D eigenvalue weighted by Gasteiger charge is 2.20. The van der Waals surface area contributed by atoms with Crippen LogP contribution in [0.4, 0.5) is 0 Å². The first-order valence-corrected chi connectivity index (χ1v) is 6.08. The van der Waals surface area contributed by atoms with Gasteiger partial charge in [-0.2, -0.15) is 0 Å². The number of hydrogen-bond donors (Lipinski definition) is 1. The molecule has 0 amide bonds. The first kappa shape index (κ1) is 12.1. The molecule has 0 saturated carbocycles. The number of rotatable bonds is 2. The summed E-state index contributed by atoms with van der Waals surface area (Å²) in [5, 5.41) is 0.838. The molecule has 2 rings (SSSR count). The van der Waals surface area contributed by atoms with Crippen LogP contribution in [0.15, 0.2) is 12.1 Å². The van der Waals surface area contributed by atoms with Crippen LogP contribution in [0.25, 0.3) is 0 Å². The molecule has 0 bridgehead atoms. The number of nitrogens with zero attached hydrogens (tertiary/aromatic N) is 1. The molecule has 1 aliphatic rings. The molecule has 3 nitrogen and oxygen atoms in total. The van der Waals surface area contributed by atoms with E-state index >= 15 is 0 Å². The minimum absolute atomic E-state index is 0.165. The van der Waals surface area contributed by atoms with Crippen LogP contribution >= 0.6 is 23.2 Å². The molecule has 1 aliphatic heterocycles. The van der Waals surface area contributed by atoms with Crippen molar-refractivity contribution in [3.63, 3.8) is 0 Å². The molecule has 0 aromatic carbocycles. The zero-order valence-electron chi connectivity index (χ0n) is 8.83. The molecule has 2 heterocycles. The van der Waals surface area contributed by atoms with E-state index in [-0.39, 0.29) is 12.1 Å². The van der Waals surface area contributed by atoms with Gasteiger partial charge in [0.15, 0.2) is 0 Å². The van der Waals surface area contributed by atoms with Gasteiger partial charge in [0.25, 0.3) is 0 Å². The summed E-state index contributed by atoms with van der Waals surface area (Å²) >= 11 is 11.7. The predicted octanol–water partition coefficient (Wildman–Crippen LogP) is 2.44. The van der Waals surface area contributed by atoms with Crippen LogP contribution in [0, 0.1) is 0 Å². The van der Waals surface area contributed by atoms with Crippen LogP contribution in [0.2, 0.25) is 10.3 Å². The summed E-state index contributed by atoms with van der Waals surface area (Å²) in [5.74, 6) is 0. The van der Waals surface area contributed by atoms with E-state index in [1.807, 2.05) is 12.1 Å². The van der Waals surface area contributed by atoms with E-state index in [0.29, 0.717) is 10.3 Å².